The SMILES string of the molecule is Cc1ccccc1-n1c(C)nnc1SCC(=O)N(Cc1ccccc1)c1ccccc1. The second-order valence-corrected chi connectivity index (χ2v) is 8.18. The lowest BCUT2D eigenvalue weighted by Gasteiger charge is -2.23. The highest BCUT2D eigenvalue weighted by molar-refractivity contribution is 7.99. The van der Waals surface area contributed by atoms with E-state index in [1.165, 1.54) is 11.8 Å². The predicted octanol–water partition coefficient (Wildman–Crippen LogP) is 5.21. The summed E-state index contributed by atoms with van der Waals surface area (Å²) in [6.45, 7) is 4.51. The molecule has 31 heavy (non-hydrogen) atoms. The number of hydrogen-bond acceptors (Lipinski definition) is 4. The summed E-state index contributed by atoms with van der Waals surface area (Å²) in [5.41, 5.74) is 4.13. The number of benzene rings is 3. The van der Waals surface area contributed by atoms with Gasteiger partial charge >= 0.3 is 0 Å². The Labute approximate surface area is 186 Å². The molecular weight excluding hydrogens is 404 g/mol. The van der Waals surface area contributed by atoms with E-state index in [0.29, 0.717) is 11.7 Å². The third-order valence-electron chi connectivity index (χ3n) is 5.03. The smallest absolute Gasteiger partial charge is 0.237 e. The van der Waals surface area contributed by atoms with Crippen LogP contribution >= 0.6 is 11.8 Å². The van der Waals surface area contributed by atoms with Gasteiger partial charge in [0.25, 0.3) is 0 Å². The molecule has 0 saturated carbocycles. The Kier molecular flexibility index (Phi) is 6.48. The van der Waals surface area contributed by atoms with Crippen molar-refractivity contribution in [3.63, 3.8) is 0 Å². The first-order valence-corrected chi connectivity index (χ1v) is 11.1. The lowest BCUT2D eigenvalue weighted by atomic mass is 10.2. The average molecular weight is 429 g/mol. The van der Waals surface area contributed by atoms with Crippen molar-refractivity contribution in [1.82, 2.24) is 14.8 Å². The van der Waals surface area contributed by atoms with E-state index in [9.17, 15) is 4.79 Å². The summed E-state index contributed by atoms with van der Waals surface area (Å²) in [6, 6.07) is 27.9. The summed E-state index contributed by atoms with van der Waals surface area (Å²) >= 11 is 1.41. The number of carbonyl (C=O) groups excluding carboxylic acids is 1. The van der Waals surface area contributed by atoms with Crippen molar-refractivity contribution in [3.8, 4) is 5.69 Å². The van der Waals surface area contributed by atoms with Crippen LogP contribution in [-0.2, 0) is 11.3 Å². The van der Waals surface area contributed by atoms with Crippen molar-refractivity contribution < 1.29 is 4.79 Å². The molecule has 156 valence electrons. The van der Waals surface area contributed by atoms with Gasteiger partial charge in [0.05, 0.1) is 18.0 Å². The first kappa shape index (κ1) is 20.9. The highest BCUT2D eigenvalue weighted by atomic mass is 32.2. The van der Waals surface area contributed by atoms with Gasteiger partial charge in [-0.25, -0.2) is 0 Å². The van der Waals surface area contributed by atoms with Crippen molar-refractivity contribution in [1.29, 1.82) is 0 Å². The highest BCUT2D eigenvalue weighted by Crippen LogP contribution is 2.25. The van der Waals surface area contributed by atoms with Gasteiger partial charge in [-0.15, -0.1) is 10.2 Å². The molecule has 0 N–H and O–H groups in total. The number of amides is 1. The van der Waals surface area contributed by atoms with E-state index in [1.54, 1.807) is 0 Å². The Morgan fingerprint density at radius 3 is 2.23 bits per heavy atom. The van der Waals surface area contributed by atoms with Crippen molar-refractivity contribution in [3.05, 3.63) is 102 Å². The Morgan fingerprint density at radius 2 is 1.52 bits per heavy atom. The lowest BCUT2D eigenvalue weighted by molar-refractivity contribution is -0.116. The molecule has 0 radical (unpaired) electrons. The molecule has 1 aromatic heterocycles. The van der Waals surface area contributed by atoms with Crippen LogP contribution in [0.25, 0.3) is 5.69 Å². The van der Waals surface area contributed by atoms with E-state index in [4.69, 9.17) is 0 Å². The number of aryl methyl sites for hydroxylation is 2. The monoisotopic (exact) mass is 428 g/mol. The zero-order valence-corrected chi connectivity index (χ0v) is 18.4. The zero-order chi connectivity index (χ0) is 21.6. The number of aromatic nitrogens is 3. The van der Waals surface area contributed by atoms with Gasteiger partial charge in [-0.1, -0.05) is 78.5 Å². The standard InChI is InChI=1S/C25H24N4OS/c1-19-11-9-10-16-23(19)29-20(2)26-27-25(29)31-18-24(30)28(22-14-7-4-8-15-22)17-21-12-5-3-6-13-21/h3-16H,17-18H2,1-2H3. The average Bonchev–Trinajstić information content (AvgIpc) is 3.17. The summed E-state index contributed by atoms with van der Waals surface area (Å²) in [5, 5.41) is 9.29. The number of carbonyl (C=O) groups is 1. The Balaban J connectivity index is 1.56. The lowest BCUT2D eigenvalue weighted by Crippen LogP contribution is -2.32. The zero-order valence-electron chi connectivity index (χ0n) is 17.6. The molecule has 4 rings (SSSR count). The maximum absolute atomic E-state index is 13.3. The van der Waals surface area contributed by atoms with Crippen LogP contribution in [0.5, 0.6) is 0 Å². The van der Waals surface area contributed by atoms with Crippen LogP contribution in [0.3, 0.4) is 0 Å². The molecular formula is C25H24N4OS. The summed E-state index contributed by atoms with van der Waals surface area (Å²) in [6.07, 6.45) is 0. The fourth-order valence-electron chi connectivity index (χ4n) is 3.43. The minimum Gasteiger partial charge on any atom is -0.307 e. The van der Waals surface area contributed by atoms with Gasteiger partial charge in [0.2, 0.25) is 5.91 Å². The van der Waals surface area contributed by atoms with E-state index in [-0.39, 0.29) is 11.7 Å². The maximum Gasteiger partial charge on any atom is 0.237 e. The molecule has 4 aromatic rings. The molecule has 0 unspecified atom stereocenters. The normalized spacial score (nSPS) is 10.8. The van der Waals surface area contributed by atoms with Gasteiger partial charge in [0.1, 0.15) is 5.82 Å². The third-order valence-corrected chi connectivity index (χ3v) is 5.94. The van der Waals surface area contributed by atoms with Gasteiger partial charge in [-0.2, -0.15) is 0 Å². The number of para-hydroxylation sites is 2. The maximum atomic E-state index is 13.3. The van der Waals surface area contributed by atoms with E-state index in [1.807, 2.05) is 95.3 Å². The van der Waals surface area contributed by atoms with Gasteiger partial charge in [0.15, 0.2) is 5.16 Å². The first-order valence-electron chi connectivity index (χ1n) is 10.1. The molecule has 0 aliphatic rings. The largest absolute Gasteiger partial charge is 0.307 e. The van der Waals surface area contributed by atoms with Crippen LogP contribution in [0.15, 0.2) is 90.1 Å². The fraction of sp³-hybridized carbons (Fsp3) is 0.160. The molecule has 1 amide bonds. The van der Waals surface area contributed by atoms with Crippen LogP contribution < -0.4 is 4.90 Å². The van der Waals surface area contributed by atoms with Gasteiger partial charge < -0.3 is 4.90 Å². The number of rotatable bonds is 7. The first-order chi connectivity index (χ1) is 15.1. The van der Waals surface area contributed by atoms with Crippen LogP contribution in [0.2, 0.25) is 0 Å². The van der Waals surface area contributed by atoms with E-state index >= 15 is 0 Å². The molecule has 0 aliphatic carbocycles. The van der Waals surface area contributed by atoms with Gasteiger partial charge in [-0.05, 0) is 43.2 Å². The number of thioether (sulfide) groups is 1. The second kappa shape index (κ2) is 9.62. The Hall–Kier alpha value is -3.38. The van der Waals surface area contributed by atoms with Crippen LogP contribution in [0.4, 0.5) is 5.69 Å². The van der Waals surface area contributed by atoms with Crippen LogP contribution in [0.1, 0.15) is 17.0 Å². The van der Waals surface area contributed by atoms with Crippen molar-refractivity contribution in [2.75, 3.05) is 10.7 Å². The van der Waals surface area contributed by atoms with E-state index in [2.05, 4.69) is 23.2 Å². The second-order valence-electron chi connectivity index (χ2n) is 7.24. The molecule has 0 saturated heterocycles. The molecule has 0 fully saturated rings. The Bertz CT molecular complexity index is 1160. The van der Waals surface area contributed by atoms with E-state index in [0.717, 1.165) is 28.3 Å². The topological polar surface area (TPSA) is 51.0 Å². The minimum absolute atomic E-state index is 0.0250. The Morgan fingerprint density at radius 1 is 0.871 bits per heavy atom. The number of hydrogen-bond donors (Lipinski definition) is 0. The summed E-state index contributed by atoms with van der Waals surface area (Å²) in [5.74, 6) is 1.09. The molecule has 5 nitrogen and oxygen atoms in total. The number of anilines is 1. The van der Waals surface area contributed by atoms with Crippen molar-refractivity contribution >= 4 is 23.4 Å². The van der Waals surface area contributed by atoms with Gasteiger partial charge in [-0.3, -0.25) is 9.36 Å². The molecule has 0 spiro atoms. The molecule has 0 atom stereocenters. The fourth-order valence-corrected chi connectivity index (χ4v) is 4.30. The van der Waals surface area contributed by atoms with E-state index < -0.39 is 0 Å². The third kappa shape index (κ3) is 4.86. The summed E-state index contributed by atoms with van der Waals surface area (Å²) < 4.78 is 2.01. The van der Waals surface area contributed by atoms with Crippen molar-refractivity contribution in [2.45, 2.75) is 25.5 Å². The quantitative estimate of drug-likeness (QED) is 0.379. The van der Waals surface area contributed by atoms with Gasteiger partial charge in [0, 0.05) is 5.69 Å². The van der Waals surface area contributed by atoms with Crippen LogP contribution in [-0.4, -0.2) is 26.4 Å². The van der Waals surface area contributed by atoms with Crippen LogP contribution in [0, 0.1) is 13.8 Å². The van der Waals surface area contributed by atoms with Crippen molar-refractivity contribution in [2.24, 2.45) is 0 Å². The molecule has 3 aromatic carbocycles. The molecule has 1 heterocycles. The summed E-state index contributed by atoms with van der Waals surface area (Å²) in [4.78, 5) is 15.1. The predicted molar refractivity (Wildman–Crippen MR) is 126 cm³/mol. The molecule has 6 heteroatoms. The highest BCUT2D eigenvalue weighted by Gasteiger charge is 2.19. The summed E-state index contributed by atoms with van der Waals surface area (Å²) in [7, 11) is 0. The molecule has 0 bridgehead atoms. The molecule has 0 aliphatic heterocycles. The minimum atomic E-state index is 0.0250. The number of nitrogens with zero attached hydrogens (tertiary/aromatic N) is 4.